The van der Waals surface area contributed by atoms with E-state index in [2.05, 4.69) is 0 Å². The van der Waals surface area contributed by atoms with Gasteiger partial charge in [0, 0.05) is 29.6 Å². The van der Waals surface area contributed by atoms with Crippen LogP contribution >= 0.6 is 0 Å². The summed E-state index contributed by atoms with van der Waals surface area (Å²) in [7, 11) is 6.06. The van der Waals surface area contributed by atoms with Gasteiger partial charge in [0.15, 0.2) is 0 Å². The Morgan fingerprint density at radius 3 is 2.24 bits per heavy atom. The molecule has 0 heterocycles. The van der Waals surface area contributed by atoms with Crippen molar-refractivity contribution in [1.82, 2.24) is 0 Å². The third-order valence-electron chi connectivity index (χ3n) is 2.12. The zero-order chi connectivity index (χ0) is 15.8. The molecule has 0 aliphatic rings. The number of hydrogen-bond donors (Lipinski definition) is 2. The van der Waals surface area contributed by atoms with Crippen LogP contribution < -0.4 is 0 Å². The van der Waals surface area contributed by atoms with E-state index in [0.29, 0.717) is 6.61 Å². The predicted octanol–water partition coefficient (Wildman–Crippen LogP) is 0.213. The van der Waals surface area contributed by atoms with Crippen molar-refractivity contribution in [1.29, 1.82) is 0 Å². The van der Waals surface area contributed by atoms with Gasteiger partial charge in [-0.15, -0.1) is 0 Å². The van der Waals surface area contributed by atoms with Crippen LogP contribution in [0, 0.1) is 0 Å². The summed E-state index contributed by atoms with van der Waals surface area (Å²) >= 11 is -2.86. The first-order valence-corrected chi connectivity index (χ1v) is 6.70. The van der Waals surface area contributed by atoms with Crippen molar-refractivity contribution in [2.75, 3.05) is 34.3 Å². The van der Waals surface area contributed by atoms with Crippen molar-refractivity contribution < 1.29 is 32.4 Å². The smallest absolute Gasteiger partial charge is 0.342 e. The van der Waals surface area contributed by atoms with Gasteiger partial charge in [-0.2, -0.15) is 0 Å². The van der Waals surface area contributed by atoms with Gasteiger partial charge in [-0.3, -0.25) is 0 Å². The van der Waals surface area contributed by atoms with E-state index in [1.54, 1.807) is 18.2 Å². The molecule has 1 aromatic carbocycles. The number of ether oxygens (including phenoxy) is 1. The maximum absolute atomic E-state index is 11.6. The van der Waals surface area contributed by atoms with E-state index in [9.17, 15) is 9.90 Å². The molecule has 0 aliphatic heterocycles. The minimum absolute atomic E-state index is 0. The van der Waals surface area contributed by atoms with Crippen LogP contribution in [0.15, 0.2) is 24.3 Å². The first kappa shape index (κ1) is 22.8. The van der Waals surface area contributed by atoms with Crippen molar-refractivity contribution in [3.8, 4) is 5.75 Å². The van der Waals surface area contributed by atoms with Crippen molar-refractivity contribution in [2.45, 2.75) is 0 Å². The number of hydrogen-bond acceptors (Lipinski definition) is 5. The third kappa shape index (κ3) is 12.9. The maximum atomic E-state index is 11.6. The fraction of sp³-hybridized carbons (Fsp3) is 0.417. The Hall–Kier alpha value is -0.480. The molecule has 0 saturated carbocycles. The van der Waals surface area contributed by atoms with Gasteiger partial charge < -0.3 is 23.4 Å². The first-order chi connectivity index (χ1) is 9.13. The number of aromatic hydroxyl groups is 1. The number of phenolic OH excluding ortho intramolecular Hbond substituents is 1. The van der Waals surface area contributed by atoms with Gasteiger partial charge in [0.1, 0.15) is 24.5 Å². The molecule has 0 aliphatic carbocycles. The number of carbonyl (C=O) groups excluding carboxylic acids is 1. The summed E-state index contributed by atoms with van der Waals surface area (Å²) < 4.78 is 29.9. The fourth-order valence-electron chi connectivity index (χ4n) is 1.14. The van der Waals surface area contributed by atoms with E-state index < -0.39 is 17.3 Å². The van der Waals surface area contributed by atoms with Crippen LogP contribution in [-0.2, 0) is 16.1 Å². The molecule has 2 N–H and O–H groups in total. The van der Waals surface area contributed by atoms with Gasteiger partial charge in [-0.05, 0) is 12.1 Å². The summed E-state index contributed by atoms with van der Waals surface area (Å²) in [6.45, 7) is 1.08. The van der Waals surface area contributed by atoms with Crippen LogP contribution in [0.1, 0.15) is 10.4 Å². The second-order valence-corrected chi connectivity index (χ2v) is 5.32. The van der Waals surface area contributed by atoms with Crippen LogP contribution in [0.25, 0.3) is 0 Å². The minimum Gasteiger partial charge on any atom is -0.750 e. The number of phenols is 1. The molecule has 9 heteroatoms. The summed E-state index contributed by atoms with van der Waals surface area (Å²) in [4.78, 5) is 11.6. The molecule has 1 rings (SSSR count). The van der Waals surface area contributed by atoms with E-state index in [4.69, 9.17) is 18.1 Å². The Labute approximate surface area is 148 Å². The van der Waals surface area contributed by atoms with E-state index in [0.717, 1.165) is 11.0 Å². The molecule has 115 valence electrons. The van der Waals surface area contributed by atoms with E-state index in [1.807, 2.05) is 21.1 Å². The van der Waals surface area contributed by atoms with Crippen molar-refractivity contribution in [3.63, 3.8) is 0 Å². The van der Waals surface area contributed by atoms with Crippen LogP contribution in [0.4, 0.5) is 0 Å². The Bertz CT molecular complexity index is 459. The predicted molar refractivity (Wildman–Crippen MR) is 78.6 cm³/mol. The number of nitrogens with zero attached hydrogens (tertiary/aromatic N) is 1. The Morgan fingerprint density at radius 2 is 1.81 bits per heavy atom. The van der Waals surface area contributed by atoms with E-state index in [-0.39, 0.29) is 40.9 Å². The SMILES string of the molecule is C[N+](C)(C)CCOC(=O)c1ccccc1O.O=S([O-])O.[Na]. The Kier molecular flexibility index (Phi) is 12.1. The first-order valence-electron chi connectivity index (χ1n) is 5.67. The number of para-hydroxylation sites is 1. The number of likely N-dealkylation sites (N-methyl/N-ethyl adjacent to an activating group) is 1. The molecular formula is C12H19NNaO6S. The number of rotatable bonds is 4. The van der Waals surface area contributed by atoms with Gasteiger partial charge in [0.25, 0.3) is 0 Å². The third-order valence-corrected chi connectivity index (χ3v) is 2.12. The molecule has 0 fully saturated rings. The molecule has 1 aromatic rings. The Balaban J connectivity index is 0. The molecule has 1 unspecified atom stereocenters. The van der Waals surface area contributed by atoms with Crippen LogP contribution in [-0.4, -0.2) is 92.7 Å². The molecule has 1 atom stereocenters. The minimum atomic E-state index is -2.86. The molecular weight excluding hydrogens is 309 g/mol. The molecule has 0 amide bonds. The Morgan fingerprint density at radius 1 is 1.33 bits per heavy atom. The van der Waals surface area contributed by atoms with E-state index in [1.165, 1.54) is 6.07 Å². The van der Waals surface area contributed by atoms with Crippen LogP contribution in [0.2, 0.25) is 0 Å². The van der Waals surface area contributed by atoms with E-state index >= 15 is 0 Å². The second kappa shape index (κ2) is 11.1. The molecule has 0 bridgehead atoms. The zero-order valence-electron chi connectivity index (χ0n) is 12.6. The molecule has 21 heavy (non-hydrogen) atoms. The van der Waals surface area contributed by atoms with Gasteiger partial charge in [-0.25, -0.2) is 9.00 Å². The number of benzene rings is 1. The average Bonchev–Trinajstić information content (AvgIpc) is 2.26. The number of esters is 1. The van der Waals surface area contributed by atoms with Gasteiger partial charge in [0.2, 0.25) is 0 Å². The molecule has 0 spiro atoms. The topological polar surface area (TPSA) is 107 Å². The number of carbonyl (C=O) groups is 1. The summed E-state index contributed by atoms with van der Waals surface area (Å²) in [5.74, 6) is -0.524. The number of quaternary nitrogens is 1. The second-order valence-electron chi connectivity index (χ2n) is 4.88. The molecule has 1 radical (unpaired) electrons. The molecule has 0 saturated heterocycles. The summed E-state index contributed by atoms with van der Waals surface area (Å²) in [6.07, 6.45) is 0. The summed E-state index contributed by atoms with van der Waals surface area (Å²) in [5.41, 5.74) is 0.212. The van der Waals surface area contributed by atoms with Crippen molar-refractivity contribution in [3.05, 3.63) is 29.8 Å². The largest absolute Gasteiger partial charge is 0.750 e. The van der Waals surface area contributed by atoms with Crippen LogP contribution in [0.5, 0.6) is 5.75 Å². The maximum Gasteiger partial charge on any atom is 0.342 e. The quantitative estimate of drug-likeness (QED) is 0.354. The van der Waals surface area contributed by atoms with Gasteiger partial charge in [0.05, 0.1) is 32.5 Å². The molecule has 7 nitrogen and oxygen atoms in total. The monoisotopic (exact) mass is 328 g/mol. The summed E-state index contributed by atoms with van der Waals surface area (Å²) in [6, 6.07) is 6.37. The molecule has 0 aromatic heterocycles. The van der Waals surface area contributed by atoms with Crippen molar-refractivity contribution >= 4 is 46.9 Å². The standard InChI is InChI=1S/C12H17NO3.Na.H2O3S/c1-13(2,3)8-9-16-12(15)10-6-4-5-7-11(10)14;;1-4(2)3/h4-7H,8-9H2,1-3H3;;(H2,1,2,3). The fourth-order valence-corrected chi connectivity index (χ4v) is 1.14. The van der Waals surface area contributed by atoms with Crippen molar-refractivity contribution in [2.24, 2.45) is 0 Å². The van der Waals surface area contributed by atoms with Gasteiger partial charge >= 0.3 is 5.97 Å². The average molecular weight is 328 g/mol. The summed E-state index contributed by atoms with van der Waals surface area (Å²) in [5, 5.41) is 9.44. The van der Waals surface area contributed by atoms with Gasteiger partial charge in [-0.1, -0.05) is 12.1 Å². The van der Waals surface area contributed by atoms with Crippen LogP contribution in [0.3, 0.4) is 0 Å². The normalized spacial score (nSPS) is 11.5. The zero-order valence-corrected chi connectivity index (χ0v) is 15.4.